The van der Waals surface area contributed by atoms with Crippen molar-refractivity contribution in [3.8, 4) is 0 Å². The molecule has 154 valence electrons. The Bertz CT molecular complexity index is 891. The third kappa shape index (κ3) is 6.17. The van der Waals surface area contributed by atoms with Crippen molar-refractivity contribution in [1.82, 2.24) is 10.6 Å². The Hall–Kier alpha value is -3.15. The van der Waals surface area contributed by atoms with Crippen LogP contribution in [0, 0.1) is 19.3 Å². The molecule has 0 bridgehead atoms. The fraction of sp³-hybridized carbons (Fsp3) is 0.348. The summed E-state index contributed by atoms with van der Waals surface area (Å²) in [5, 5.41) is 15.0. The fourth-order valence-electron chi connectivity index (χ4n) is 2.90. The van der Waals surface area contributed by atoms with Crippen LogP contribution in [-0.2, 0) is 16.1 Å². The highest BCUT2D eigenvalue weighted by molar-refractivity contribution is 5.96. The number of hydrogen-bond donors (Lipinski definition) is 3. The number of nitrogens with one attached hydrogen (secondary N) is 2. The molecular weight excluding hydrogens is 368 g/mol. The lowest BCUT2D eigenvalue weighted by Crippen LogP contribution is -2.34. The summed E-state index contributed by atoms with van der Waals surface area (Å²) in [5.74, 6) is -1.65. The SMILES string of the molecule is Cc1cc(C)cc(C(NC(=O)c2ccc(CNC(=O)C(C)(C)C)cc2)C(=O)O)c1. The molecule has 2 aromatic carbocycles. The quantitative estimate of drug-likeness (QED) is 0.696. The second-order valence-corrected chi connectivity index (χ2v) is 8.30. The first-order valence-electron chi connectivity index (χ1n) is 9.46. The van der Waals surface area contributed by atoms with Gasteiger partial charge < -0.3 is 15.7 Å². The van der Waals surface area contributed by atoms with Crippen LogP contribution in [0.15, 0.2) is 42.5 Å². The van der Waals surface area contributed by atoms with Crippen LogP contribution in [0.1, 0.15) is 59.4 Å². The van der Waals surface area contributed by atoms with E-state index in [0.29, 0.717) is 17.7 Å². The van der Waals surface area contributed by atoms with Crippen LogP contribution in [0.25, 0.3) is 0 Å². The topological polar surface area (TPSA) is 95.5 Å². The number of carboxylic acid groups (broad SMARTS) is 1. The van der Waals surface area contributed by atoms with E-state index in [2.05, 4.69) is 10.6 Å². The van der Waals surface area contributed by atoms with Gasteiger partial charge in [-0.3, -0.25) is 9.59 Å². The van der Waals surface area contributed by atoms with Gasteiger partial charge in [0.1, 0.15) is 0 Å². The van der Waals surface area contributed by atoms with Crippen molar-refractivity contribution in [3.05, 3.63) is 70.3 Å². The van der Waals surface area contributed by atoms with Crippen LogP contribution in [0.2, 0.25) is 0 Å². The minimum Gasteiger partial charge on any atom is -0.479 e. The second kappa shape index (κ2) is 8.90. The van der Waals surface area contributed by atoms with Crippen molar-refractivity contribution in [1.29, 1.82) is 0 Å². The Kier molecular flexibility index (Phi) is 6.80. The average molecular weight is 396 g/mol. The summed E-state index contributed by atoms with van der Waals surface area (Å²) in [6.45, 7) is 9.64. The number of carbonyl (C=O) groups is 3. The Labute approximate surface area is 171 Å². The Morgan fingerprint density at radius 3 is 2.00 bits per heavy atom. The number of aryl methyl sites for hydroxylation is 2. The lowest BCUT2D eigenvalue weighted by atomic mass is 9.95. The van der Waals surface area contributed by atoms with Gasteiger partial charge in [0, 0.05) is 17.5 Å². The zero-order valence-electron chi connectivity index (χ0n) is 17.5. The molecule has 0 saturated carbocycles. The van der Waals surface area contributed by atoms with E-state index in [1.807, 2.05) is 40.7 Å². The highest BCUT2D eigenvalue weighted by atomic mass is 16.4. The molecule has 1 unspecified atom stereocenters. The van der Waals surface area contributed by atoms with Gasteiger partial charge in [-0.25, -0.2) is 4.79 Å². The third-order valence-corrected chi connectivity index (χ3v) is 4.45. The number of hydrogen-bond acceptors (Lipinski definition) is 3. The predicted octanol–water partition coefficient (Wildman–Crippen LogP) is 3.52. The minimum absolute atomic E-state index is 0.0583. The van der Waals surface area contributed by atoms with E-state index in [9.17, 15) is 19.5 Å². The van der Waals surface area contributed by atoms with Crippen LogP contribution in [-0.4, -0.2) is 22.9 Å². The highest BCUT2D eigenvalue weighted by Gasteiger charge is 2.23. The number of carboxylic acids is 1. The monoisotopic (exact) mass is 396 g/mol. The first-order chi connectivity index (χ1) is 13.5. The van der Waals surface area contributed by atoms with Crippen LogP contribution in [0.5, 0.6) is 0 Å². The lowest BCUT2D eigenvalue weighted by Gasteiger charge is -2.18. The molecule has 0 saturated heterocycles. The van der Waals surface area contributed by atoms with E-state index in [4.69, 9.17) is 0 Å². The van der Waals surface area contributed by atoms with Crippen molar-refractivity contribution < 1.29 is 19.5 Å². The van der Waals surface area contributed by atoms with Crippen LogP contribution in [0.4, 0.5) is 0 Å². The first kappa shape index (κ1) is 22.1. The summed E-state index contributed by atoms with van der Waals surface area (Å²) in [6.07, 6.45) is 0. The van der Waals surface area contributed by atoms with Gasteiger partial charge in [-0.15, -0.1) is 0 Å². The summed E-state index contributed by atoms with van der Waals surface area (Å²) < 4.78 is 0. The number of amides is 2. The van der Waals surface area contributed by atoms with Gasteiger partial charge in [0.15, 0.2) is 6.04 Å². The van der Waals surface area contributed by atoms with Crippen molar-refractivity contribution in [2.24, 2.45) is 5.41 Å². The molecule has 0 heterocycles. The van der Waals surface area contributed by atoms with Gasteiger partial charge in [0.05, 0.1) is 0 Å². The molecular formula is C23H28N2O4. The number of carbonyl (C=O) groups excluding carboxylic acids is 2. The van der Waals surface area contributed by atoms with Gasteiger partial charge >= 0.3 is 5.97 Å². The van der Waals surface area contributed by atoms with Gasteiger partial charge in [0.25, 0.3) is 5.91 Å². The molecule has 0 aliphatic carbocycles. The molecule has 2 rings (SSSR count). The first-order valence-corrected chi connectivity index (χ1v) is 9.46. The molecule has 6 nitrogen and oxygen atoms in total. The summed E-state index contributed by atoms with van der Waals surface area (Å²) in [4.78, 5) is 36.2. The maximum atomic E-state index is 12.6. The Balaban J connectivity index is 2.09. The zero-order valence-corrected chi connectivity index (χ0v) is 17.5. The number of aliphatic carboxylic acids is 1. The normalized spacial score (nSPS) is 12.2. The Morgan fingerprint density at radius 2 is 1.52 bits per heavy atom. The molecule has 1 atom stereocenters. The molecule has 0 aliphatic rings. The summed E-state index contributed by atoms with van der Waals surface area (Å²) in [6, 6.07) is 11.0. The van der Waals surface area contributed by atoms with E-state index >= 15 is 0 Å². The molecule has 0 spiro atoms. The lowest BCUT2D eigenvalue weighted by molar-refractivity contribution is -0.139. The number of rotatable bonds is 6. The van der Waals surface area contributed by atoms with E-state index in [1.165, 1.54) is 0 Å². The molecule has 2 amide bonds. The van der Waals surface area contributed by atoms with Crippen LogP contribution < -0.4 is 10.6 Å². The molecule has 0 radical (unpaired) electrons. The van der Waals surface area contributed by atoms with E-state index < -0.39 is 23.3 Å². The molecule has 0 aromatic heterocycles. The van der Waals surface area contributed by atoms with Crippen molar-refractivity contribution in [3.63, 3.8) is 0 Å². The summed E-state index contributed by atoms with van der Waals surface area (Å²) in [5.41, 5.74) is 3.13. The van der Waals surface area contributed by atoms with Gasteiger partial charge in [-0.05, 0) is 37.1 Å². The predicted molar refractivity (Wildman–Crippen MR) is 112 cm³/mol. The maximum absolute atomic E-state index is 12.6. The van der Waals surface area contributed by atoms with Gasteiger partial charge in [-0.1, -0.05) is 62.2 Å². The average Bonchev–Trinajstić information content (AvgIpc) is 2.62. The van der Waals surface area contributed by atoms with E-state index in [0.717, 1.165) is 16.7 Å². The van der Waals surface area contributed by atoms with Crippen LogP contribution in [0.3, 0.4) is 0 Å². The van der Waals surface area contributed by atoms with E-state index in [1.54, 1.807) is 36.4 Å². The van der Waals surface area contributed by atoms with Gasteiger partial charge in [0.2, 0.25) is 5.91 Å². The van der Waals surface area contributed by atoms with E-state index in [-0.39, 0.29) is 5.91 Å². The standard InChI is InChI=1S/C23H28N2O4/c1-14-10-15(2)12-18(11-14)19(21(27)28)25-20(26)17-8-6-16(7-9-17)13-24-22(29)23(3,4)5/h6-12,19H,13H2,1-5H3,(H,24,29)(H,25,26)(H,27,28). The highest BCUT2D eigenvalue weighted by Crippen LogP contribution is 2.18. The summed E-state index contributed by atoms with van der Waals surface area (Å²) in [7, 11) is 0. The third-order valence-electron chi connectivity index (χ3n) is 4.45. The van der Waals surface area contributed by atoms with Crippen molar-refractivity contribution in [2.75, 3.05) is 0 Å². The zero-order chi connectivity index (χ0) is 21.8. The smallest absolute Gasteiger partial charge is 0.330 e. The van der Waals surface area contributed by atoms with Crippen molar-refractivity contribution in [2.45, 2.75) is 47.2 Å². The van der Waals surface area contributed by atoms with Crippen LogP contribution >= 0.6 is 0 Å². The second-order valence-electron chi connectivity index (χ2n) is 8.30. The largest absolute Gasteiger partial charge is 0.479 e. The van der Waals surface area contributed by atoms with Crippen molar-refractivity contribution >= 4 is 17.8 Å². The fourth-order valence-corrected chi connectivity index (χ4v) is 2.90. The Morgan fingerprint density at radius 1 is 0.966 bits per heavy atom. The molecule has 29 heavy (non-hydrogen) atoms. The minimum atomic E-state index is -1.13. The molecule has 0 aliphatic heterocycles. The molecule has 0 fully saturated rings. The summed E-state index contributed by atoms with van der Waals surface area (Å²) >= 11 is 0. The maximum Gasteiger partial charge on any atom is 0.330 e. The number of benzene rings is 2. The molecule has 2 aromatic rings. The van der Waals surface area contributed by atoms with Gasteiger partial charge in [-0.2, -0.15) is 0 Å². The molecule has 3 N–H and O–H groups in total. The molecule has 6 heteroatoms.